The fourth-order valence-electron chi connectivity index (χ4n) is 7.03. The van der Waals surface area contributed by atoms with Crippen molar-refractivity contribution in [3.63, 3.8) is 0 Å². The molecule has 18 nitrogen and oxygen atoms in total. The number of anilines is 1. The van der Waals surface area contributed by atoms with E-state index in [2.05, 4.69) is 36.0 Å². The molecule has 64 heavy (non-hydrogen) atoms. The third-order valence-corrected chi connectivity index (χ3v) is 11.5. The Bertz CT molecular complexity index is 2690. The highest BCUT2D eigenvalue weighted by molar-refractivity contribution is 7.13. The van der Waals surface area contributed by atoms with Gasteiger partial charge in [0.05, 0.1) is 41.6 Å². The molecule has 7 rings (SSSR count). The van der Waals surface area contributed by atoms with E-state index < -0.39 is 41.3 Å². The van der Waals surface area contributed by atoms with Crippen LogP contribution in [0, 0.1) is 12.3 Å². The van der Waals surface area contributed by atoms with Crippen LogP contribution in [0.25, 0.3) is 33.1 Å². The van der Waals surface area contributed by atoms with E-state index in [0.29, 0.717) is 28.2 Å². The second-order valence-electron chi connectivity index (χ2n) is 16.4. The number of nitrogens with one attached hydrogen (secondary N) is 3. The molecule has 0 radical (unpaired) electrons. The lowest BCUT2D eigenvalue weighted by molar-refractivity contribution is -0.144. The number of amides is 4. The van der Waals surface area contributed by atoms with E-state index in [-0.39, 0.29) is 68.8 Å². The predicted octanol–water partition coefficient (Wildman–Crippen LogP) is 4.26. The Labute approximate surface area is 372 Å². The second-order valence-corrected chi connectivity index (χ2v) is 17.2. The summed E-state index contributed by atoms with van der Waals surface area (Å²) in [7, 11) is 1.53. The second kappa shape index (κ2) is 19.7. The largest absolute Gasteiger partial charge is 0.490 e. The van der Waals surface area contributed by atoms with Gasteiger partial charge >= 0.3 is 0 Å². The van der Waals surface area contributed by atoms with Gasteiger partial charge in [0, 0.05) is 44.7 Å². The summed E-state index contributed by atoms with van der Waals surface area (Å²) in [5.74, 6) is -1.06. The number of thiazole rings is 1. The minimum Gasteiger partial charge on any atom is -0.490 e. The van der Waals surface area contributed by atoms with Gasteiger partial charge in [0.2, 0.25) is 23.6 Å². The van der Waals surface area contributed by atoms with Crippen LogP contribution in [0.5, 0.6) is 5.75 Å². The Morgan fingerprint density at radius 3 is 2.50 bits per heavy atom. The molecule has 19 heteroatoms. The van der Waals surface area contributed by atoms with Crippen LogP contribution >= 0.6 is 11.3 Å². The summed E-state index contributed by atoms with van der Waals surface area (Å²) in [5.41, 5.74) is 5.69. The van der Waals surface area contributed by atoms with Crippen molar-refractivity contribution in [3.05, 3.63) is 106 Å². The number of rotatable bonds is 16. The molecular formula is C45H49N9O9S. The predicted molar refractivity (Wildman–Crippen MR) is 237 cm³/mol. The number of hydrogen-bond acceptors (Lipinski definition) is 14. The number of aryl methyl sites for hydroxylation is 2. The molecule has 0 bridgehead atoms. The minimum absolute atomic E-state index is 0.0281. The fraction of sp³-hybridized carbons (Fsp3) is 0.356. The Kier molecular flexibility index (Phi) is 13.9. The maximum atomic E-state index is 14.0. The number of β-amino-alcohol motifs (C(OH)–C–C–N with tert-alkyl or cyclic N) is 1. The number of ether oxygens (including phenoxy) is 2. The third-order valence-electron chi connectivity index (χ3n) is 10.5. The summed E-state index contributed by atoms with van der Waals surface area (Å²) < 4.78 is 18.3. The molecule has 5 heterocycles. The summed E-state index contributed by atoms with van der Waals surface area (Å²) in [6, 6.07) is 17.0. The summed E-state index contributed by atoms with van der Waals surface area (Å²) in [5, 5.41) is 23.2. The summed E-state index contributed by atoms with van der Waals surface area (Å²) >= 11 is 1.56. The number of benzene rings is 2. The number of likely N-dealkylation sites (tertiary alicyclic amines) is 1. The molecule has 1 aliphatic heterocycles. The molecule has 3 atom stereocenters. The summed E-state index contributed by atoms with van der Waals surface area (Å²) in [6.45, 7) is 8.00. The van der Waals surface area contributed by atoms with Crippen LogP contribution < -0.4 is 26.2 Å². The van der Waals surface area contributed by atoms with E-state index in [4.69, 9.17) is 13.9 Å². The molecule has 4 amide bonds. The number of aliphatic hydroxyl groups is 1. The van der Waals surface area contributed by atoms with Crippen LogP contribution in [-0.2, 0) is 32.7 Å². The van der Waals surface area contributed by atoms with Gasteiger partial charge in [-0.15, -0.1) is 11.3 Å². The van der Waals surface area contributed by atoms with Gasteiger partial charge in [-0.3, -0.25) is 24.0 Å². The Balaban J connectivity index is 0.830. The molecule has 0 saturated carbocycles. The Morgan fingerprint density at radius 1 is 1.00 bits per heavy atom. The first-order valence-electron chi connectivity index (χ1n) is 20.6. The molecule has 0 aliphatic carbocycles. The van der Waals surface area contributed by atoms with Crippen molar-refractivity contribution in [2.45, 2.75) is 65.3 Å². The monoisotopic (exact) mass is 891 g/mol. The maximum absolute atomic E-state index is 14.0. The first-order valence-corrected chi connectivity index (χ1v) is 21.5. The highest BCUT2D eigenvalue weighted by Crippen LogP contribution is 2.29. The number of nitrogens with zero attached hydrogens (tertiary/aromatic N) is 6. The number of aromatic nitrogens is 5. The zero-order valence-electron chi connectivity index (χ0n) is 36.0. The topological polar surface area (TPSA) is 233 Å². The smallest absolute Gasteiger partial charge is 0.274 e. The van der Waals surface area contributed by atoms with Crippen molar-refractivity contribution in [2.24, 2.45) is 12.5 Å². The number of oxazole rings is 1. The van der Waals surface area contributed by atoms with E-state index in [9.17, 15) is 29.1 Å². The molecule has 334 valence electrons. The molecule has 1 saturated heterocycles. The number of hydrogen-bond donors (Lipinski definition) is 4. The molecule has 0 spiro atoms. The molecular weight excluding hydrogens is 843 g/mol. The van der Waals surface area contributed by atoms with Gasteiger partial charge in [0.15, 0.2) is 5.58 Å². The van der Waals surface area contributed by atoms with Crippen molar-refractivity contribution in [1.29, 1.82) is 0 Å². The zero-order valence-corrected chi connectivity index (χ0v) is 36.8. The van der Waals surface area contributed by atoms with E-state index in [0.717, 1.165) is 21.7 Å². The van der Waals surface area contributed by atoms with Crippen molar-refractivity contribution in [1.82, 2.24) is 40.3 Å². The standard InChI is InChI=1S/C45H49N9O9S/c1-26-39(64-25-48-26)28-8-6-27(7-9-28)22-47-42(59)35-21-30(55)24-54(35)44(60)40(45(2,3)4)51-37(56)16-17-61-18-19-62-31-11-12-32(46-23-31)41(58)49-29-10-14-36-34(20-29)50-43(63-36)33-13-15-38(57)53(5)52-33/h6-15,20,23,25,30,35,40,55H,16-19,21-22,24H2,1-5H3,(H,47,59)(H,49,58)(H,51,56)/t30-,35+,40-/m1/s1. The Hall–Kier alpha value is -6.83. The van der Waals surface area contributed by atoms with Gasteiger partial charge in [-0.2, -0.15) is 5.10 Å². The zero-order chi connectivity index (χ0) is 45.5. The van der Waals surface area contributed by atoms with Gasteiger partial charge in [-0.1, -0.05) is 45.0 Å². The first-order chi connectivity index (χ1) is 30.6. The van der Waals surface area contributed by atoms with Gasteiger partial charge < -0.3 is 39.8 Å². The molecule has 4 aromatic heterocycles. The van der Waals surface area contributed by atoms with Crippen LogP contribution in [0.1, 0.15) is 55.4 Å². The average molecular weight is 892 g/mol. The van der Waals surface area contributed by atoms with Gasteiger partial charge in [-0.05, 0) is 59.9 Å². The van der Waals surface area contributed by atoms with Crippen molar-refractivity contribution >= 4 is 51.8 Å². The molecule has 2 aromatic carbocycles. The van der Waals surface area contributed by atoms with Gasteiger partial charge in [0.25, 0.3) is 11.5 Å². The lowest BCUT2D eigenvalue weighted by Crippen LogP contribution is -2.57. The third kappa shape index (κ3) is 11.0. The van der Waals surface area contributed by atoms with Crippen LogP contribution in [0.4, 0.5) is 5.69 Å². The molecule has 4 N–H and O–H groups in total. The number of carbonyl (C=O) groups excluding carboxylic acids is 4. The maximum Gasteiger partial charge on any atom is 0.274 e. The molecule has 0 unspecified atom stereocenters. The van der Waals surface area contributed by atoms with E-state index in [1.54, 1.807) is 41.1 Å². The number of carbonyl (C=O) groups is 4. The van der Waals surface area contributed by atoms with Crippen LogP contribution in [-0.4, -0.2) is 103 Å². The molecule has 1 aliphatic rings. The average Bonchev–Trinajstić information content (AvgIpc) is 4.01. The van der Waals surface area contributed by atoms with Crippen LogP contribution in [0.15, 0.2) is 87.6 Å². The van der Waals surface area contributed by atoms with Gasteiger partial charge in [0.1, 0.15) is 41.3 Å². The van der Waals surface area contributed by atoms with E-state index in [1.165, 1.54) is 41.0 Å². The Morgan fingerprint density at radius 2 is 1.80 bits per heavy atom. The number of fused-ring (bicyclic) bond motifs is 1. The van der Waals surface area contributed by atoms with Crippen molar-refractivity contribution < 1.29 is 38.2 Å². The number of aliphatic hydroxyl groups excluding tert-OH is 1. The normalized spacial score (nSPS) is 15.5. The van der Waals surface area contributed by atoms with Crippen LogP contribution in [0.2, 0.25) is 0 Å². The summed E-state index contributed by atoms with van der Waals surface area (Å²) in [6.07, 6.45) is 0.583. The van der Waals surface area contributed by atoms with Crippen molar-refractivity contribution in [3.8, 4) is 27.8 Å². The highest BCUT2D eigenvalue weighted by atomic mass is 32.1. The van der Waals surface area contributed by atoms with E-state index >= 15 is 0 Å². The molecule has 6 aromatic rings. The lowest BCUT2D eigenvalue weighted by Gasteiger charge is -2.35. The first kappa shape index (κ1) is 45.2. The quantitative estimate of drug-likeness (QED) is 0.0997. The molecule has 1 fully saturated rings. The van der Waals surface area contributed by atoms with E-state index in [1.807, 2.05) is 52.0 Å². The van der Waals surface area contributed by atoms with Crippen LogP contribution in [0.3, 0.4) is 0 Å². The number of pyridine rings is 1. The lowest BCUT2D eigenvalue weighted by atomic mass is 9.85. The SMILES string of the molecule is Cc1ncsc1-c1ccc(CNC(=O)[C@@H]2C[C@@H](O)CN2C(=O)[C@@H](NC(=O)CCOCCOc2ccc(C(=O)Nc3ccc4oc(-c5ccc(=O)n(C)n5)nc4c3)nc2)C(C)(C)C)cc1. The van der Waals surface area contributed by atoms with Crippen molar-refractivity contribution in [2.75, 3.05) is 31.7 Å². The van der Waals surface area contributed by atoms with Gasteiger partial charge in [-0.25, -0.2) is 19.6 Å². The minimum atomic E-state index is -0.966. The fourth-order valence-corrected chi connectivity index (χ4v) is 7.84. The summed E-state index contributed by atoms with van der Waals surface area (Å²) in [4.78, 5) is 80.5. The highest BCUT2D eigenvalue weighted by Gasteiger charge is 2.44.